The Morgan fingerprint density at radius 2 is 2.00 bits per heavy atom. The molecule has 1 saturated heterocycles. The van der Waals surface area contributed by atoms with Gasteiger partial charge < -0.3 is 10.1 Å². The molecule has 1 aromatic rings. The second-order valence-corrected chi connectivity index (χ2v) is 4.84. The maximum atomic E-state index is 13.2. The van der Waals surface area contributed by atoms with Crippen LogP contribution in [0, 0.1) is 11.6 Å². The average molecular weight is 255 g/mol. The Labute approximate surface area is 106 Å². The van der Waals surface area contributed by atoms with E-state index < -0.39 is 11.6 Å². The van der Waals surface area contributed by atoms with Crippen molar-refractivity contribution in [3.05, 3.63) is 35.4 Å². The minimum absolute atomic E-state index is 0.0229. The zero-order valence-corrected chi connectivity index (χ0v) is 10.8. The van der Waals surface area contributed by atoms with E-state index in [-0.39, 0.29) is 11.6 Å². The van der Waals surface area contributed by atoms with Crippen LogP contribution in [0.4, 0.5) is 8.78 Å². The molecule has 1 fully saturated rings. The van der Waals surface area contributed by atoms with Gasteiger partial charge >= 0.3 is 0 Å². The third kappa shape index (κ3) is 2.54. The van der Waals surface area contributed by atoms with E-state index in [9.17, 15) is 8.78 Å². The molecule has 1 heterocycles. The van der Waals surface area contributed by atoms with Crippen LogP contribution in [0.1, 0.15) is 38.4 Å². The summed E-state index contributed by atoms with van der Waals surface area (Å²) in [5, 5.41) is 3.47. The normalized spacial score (nSPS) is 23.0. The Kier molecular flexibility index (Phi) is 3.97. The third-order valence-corrected chi connectivity index (χ3v) is 3.89. The highest BCUT2D eigenvalue weighted by molar-refractivity contribution is 5.21. The fourth-order valence-electron chi connectivity index (χ4n) is 2.31. The summed E-state index contributed by atoms with van der Waals surface area (Å²) in [5.74, 6) is -1.64. The number of ether oxygens (including phenoxy) is 1. The maximum Gasteiger partial charge on any atom is 0.159 e. The molecule has 2 nitrogen and oxygen atoms in total. The maximum absolute atomic E-state index is 13.2. The highest BCUT2D eigenvalue weighted by atomic mass is 19.2. The van der Waals surface area contributed by atoms with Crippen LogP contribution in [0.5, 0.6) is 0 Å². The molecule has 1 atom stereocenters. The van der Waals surface area contributed by atoms with Gasteiger partial charge in [0.15, 0.2) is 11.6 Å². The molecule has 1 aromatic carbocycles. The van der Waals surface area contributed by atoms with Crippen LogP contribution in [0.2, 0.25) is 0 Å². The van der Waals surface area contributed by atoms with Gasteiger partial charge in [-0.2, -0.15) is 0 Å². The standard InChI is InChI=1S/C14H19F2NO/c1-3-14(4-2)9-18-13(8-17-14)10-5-6-11(15)12(16)7-10/h5-7,13,17H,3-4,8-9H2,1-2H3. The summed E-state index contributed by atoms with van der Waals surface area (Å²) >= 11 is 0. The molecule has 1 N–H and O–H groups in total. The fraction of sp³-hybridized carbons (Fsp3) is 0.571. The lowest BCUT2D eigenvalue weighted by Gasteiger charge is -2.40. The Morgan fingerprint density at radius 3 is 2.50 bits per heavy atom. The number of rotatable bonds is 3. The molecule has 0 aromatic heterocycles. The van der Waals surface area contributed by atoms with E-state index in [0.29, 0.717) is 18.7 Å². The zero-order valence-electron chi connectivity index (χ0n) is 10.8. The van der Waals surface area contributed by atoms with E-state index in [4.69, 9.17) is 4.74 Å². The van der Waals surface area contributed by atoms with Crippen molar-refractivity contribution in [1.29, 1.82) is 0 Å². The number of nitrogens with one attached hydrogen (secondary N) is 1. The van der Waals surface area contributed by atoms with Crippen LogP contribution < -0.4 is 5.32 Å². The molecule has 0 spiro atoms. The Morgan fingerprint density at radius 1 is 1.28 bits per heavy atom. The van der Waals surface area contributed by atoms with Gasteiger partial charge in [0.2, 0.25) is 0 Å². The monoisotopic (exact) mass is 255 g/mol. The molecule has 100 valence electrons. The van der Waals surface area contributed by atoms with Crippen molar-refractivity contribution in [3.63, 3.8) is 0 Å². The van der Waals surface area contributed by atoms with E-state index in [1.54, 1.807) is 6.07 Å². The van der Waals surface area contributed by atoms with Crippen molar-refractivity contribution in [2.24, 2.45) is 0 Å². The fourth-order valence-corrected chi connectivity index (χ4v) is 2.31. The van der Waals surface area contributed by atoms with E-state index in [1.807, 2.05) is 0 Å². The first-order valence-corrected chi connectivity index (χ1v) is 6.42. The first-order chi connectivity index (χ1) is 8.60. The van der Waals surface area contributed by atoms with Gasteiger partial charge in [0, 0.05) is 12.1 Å². The highest BCUT2D eigenvalue weighted by Crippen LogP contribution is 2.28. The number of hydrogen-bond donors (Lipinski definition) is 1. The van der Waals surface area contributed by atoms with E-state index in [2.05, 4.69) is 19.2 Å². The molecular weight excluding hydrogens is 236 g/mol. The van der Waals surface area contributed by atoms with Gasteiger partial charge in [0.25, 0.3) is 0 Å². The predicted octanol–water partition coefficient (Wildman–Crippen LogP) is 3.18. The lowest BCUT2D eigenvalue weighted by Crippen LogP contribution is -2.54. The lowest BCUT2D eigenvalue weighted by molar-refractivity contribution is -0.0376. The van der Waals surface area contributed by atoms with Crippen molar-refractivity contribution in [1.82, 2.24) is 5.32 Å². The van der Waals surface area contributed by atoms with E-state index >= 15 is 0 Å². The summed E-state index contributed by atoms with van der Waals surface area (Å²) in [6, 6.07) is 3.94. The molecule has 1 unspecified atom stereocenters. The largest absolute Gasteiger partial charge is 0.370 e. The van der Waals surface area contributed by atoms with Crippen LogP contribution in [0.25, 0.3) is 0 Å². The van der Waals surface area contributed by atoms with Gasteiger partial charge in [0.1, 0.15) is 0 Å². The van der Waals surface area contributed by atoms with Crippen molar-refractivity contribution >= 4 is 0 Å². The summed E-state index contributed by atoms with van der Waals surface area (Å²) in [6.45, 7) is 5.48. The molecule has 0 saturated carbocycles. The van der Waals surface area contributed by atoms with Gasteiger partial charge in [-0.05, 0) is 30.5 Å². The molecule has 0 aliphatic carbocycles. The van der Waals surface area contributed by atoms with Crippen LogP contribution >= 0.6 is 0 Å². The molecule has 4 heteroatoms. The Balaban J connectivity index is 2.07. The van der Waals surface area contributed by atoms with Crippen LogP contribution in [0.3, 0.4) is 0 Å². The molecular formula is C14H19F2NO. The summed E-state index contributed by atoms with van der Waals surface area (Å²) in [5.41, 5.74) is 0.705. The highest BCUT2D eigenvalue weighted by Gasteiger charge is 2.33. The van der Waals surface area contributed by atoms with Crippen LogP contribution in [-0.2, 0) is 4.74 Å². The van der Waals surface area contributed by atoms with Gasteiger partial charge in [-0.1, -0.05) is 19.9 Å². The number of benzene rings is 1. The summed E-state index contributed by atoms with van der Waals surface area (Å²) in [4.78, 5) is 0. The zero-order chi connectivity index (χ0) is 13.2. The van der Waals surface area contributed by atoms with Gasteiger partial charge in [0.05, 0.1) is 12.7 Å². The molecule has 0 radical (unpaired) electrons. The SMILES string of the molecule is CCC1(CC)COC(c2ccc(F)c(F)c2)CN1. The second kappa shape index (κ2) is 5.33. The van der Waals surface area contributed by atoms with Gasteiger partial charge in [-0.15, -0.1) is 0 Å². The summed E-state index contributed by atoms with van der Waals surface area (Å²) in [6.07, 6.45) is 1.79. The quantitative estimate of drug-likeness (QED) is 0.895. The number of hydrogen-bond acceptors (Lipinski definition) is 2. The van der Waals surface area contributed by atoms with Crippen LogP contribution in [-0.4, -0.2) is 18.7 Å². The van der Waals surface area contributed by atoms with Crippen molar-refractivity contribution in [2.45, 2.75) is 38.3 Å². The van der Waals surface area contributed by atoms with E-state index in [1.165, 1.54) is 6.07 Å². The Bertz CT molecular complexity index is 408. The van der Waals surface area contributed by atoms with Crippen molar-refractivity contribution in [3.8, 4) is 0 Å². The summed E-state index contributed by atoms with van der Waals surface area (Å²) in [7, 11) is 0. The molecule has 18 heavy (non-hydrogen) atoms. The minimum Gasteiger partial charge on any atom is -0.370 e. The second-order valence-electron chi connectivity index (χ2n) is 4.84. The topological polar surface area (TPSA) is 21.3 Å². The van der Waals surface area contributed by atoms with Crippen molar-refractivity contribution in [2.75, 3.05) is 13.2 Å². The molecule has 2 rings (SSSR count). The lowest BCUT2D eigenvalue weighted by atomic mass is 9.91. The molecule has 1 aliphatic heterocycles. The molecule has 0 bridgehead atoms. The number of halogens is 2. The molecule has 0 amide bonds. The first-order valence-electron chi connectivity index (χ1n) is 6.42. The van der Waals surface area contributed by atoms with Crippen molar-refractivity contribution < 1.29 is 13.5 Å². The summed E-state index contributed by atoms with van der Waals surface area (Å²) < 4.78 is 31.8. The van der Waals surface area contributed by atoms with Gasteiger partial charge in [-0.3, -0.25) is 0 Å². The van der Waals surface area contributed by atoms with E-state index in [0.717, 1.165) is 18.9 Å². The minimum atomic E-state index is -0.820. The predicted molar refractivity (Wildman–Crippen MR) is 66.4 cm³/mol. The smallest absolute Gasteiger partial charge is 0.159 e. The average Bonchev–Trinajstić information content (AvgIpc) is 2.42. The van der Waals surface area contributed by atoms with Gasteiger partial charge in [-0.25, -0.2) is 8.78 Å². The number of morpholine rings is 1. The van der Waals surface area contributed by atoms with Crippen LogP contribution in [0.15, 0.2) is 18.2 Å². The first kappa shape index (κ1) is 13.4. The Hall–Kier alpha value is -1.00. The molecule has 1 aliphatic rings. The third-order valence-electron chi connectivity index (χ3n) is 3.89.